The van der Waals surface area contributed by atoms with Gasteiger partial charge in [0.15, 0.2) is 5.65 Å². The van der Waals surface area contributed by atoms with Gasteiger partial charge in [0.1, 0.15) is 5.75 Å². The monoisotopic (exact) mass is 218 g/mol. The lowest BCUT2D eigenvalue weighted by atomic mass is 10.1. The molecular weight excluding hydrogens is 204 g/mol. The molecule has 0 unspecified atom stereocenters. The summed E-state index contributed by atoms with van der Waals surface area (Å²) < 4.78 is 1.85. The van der Waals surface area contributed by atoms with Gasteiger partial charge >= 0.3 is 0 Å². The Kier molecular flexibility index (Phi) is 2.16. The van der Waals surface area contributed by atoms with Crippen LogP contribution in [0.1, 0.15) is 19.3 Å². The van der Waals surface area contributed by atoms with E-state index in [9.17, 15) is 5.11 Å². The largest absolute Gasteiger partial charge is 0.506 e. The predicted octanol–water partition coefficient (Wildman–Crippen LogP) is 1.43. The van der Waals surface area contributed by atoms with Crippen LogP contribution >= 0.6 is 0 Å². The maximum atomic E-state index is 9.48. The fourth-order valence-corrected chi connectivity index (χ4v) is 2.18. The summed E-state index contributed by atoms with van der Waals surface area (Å²) in [6.45, 7) is 2.05. The maximum absolute atomic E-state index is 9.48. The third-order valence-electron chi connectivity index (χ3n) is 3.01. The summed E-state index contributed by atoms with van der Waals surface area (Å²) in [5.74, 6) is 1.08. The van der Waals surface area contributed by atoms with Crippen molar-refractivity contribution in [3.63, 3.8) is 0 Å². The summed E-state index contributed by atoms with van der Waals surface area (Å²) in [4.78, 5) is 2.23. The SMILES string of the molecule is Oc1ccc2nnc(N3CCCCC3)n2c1. The van der Waals surface area contributed by atoms with Gasteiger partial charge in [0.05, 0.1) is 6.20 Å². The average molecular weight is 218 g/mol. The highest BCUT2D eigenvalue weighted by Gasteiger charge is 2.16. The molecule has 16 heavy (non-hydrogen) atoms. The van der Waals surface area contributed by atoms with Gasteiger partial charge < -0.3 is 10.0 Å². The molecule has 0 spiro atoms. The molecule has 3 heterocycles. The Morgan fingerprint density at radius 2 is 1.88 bits per heavy atom. The third kappa shape index (κ3) is 1.48. The van der Waals surface area contributed by atoms with Crippen LogP contribution in [0, 0.1) is 0 Å². The van der Waals surface area contributed by atoms with Gasteiger partial charge in [-0.15, -0.1) is 10.2 Å². The molecule has 0 atom stereocenters. The molecule has 1 saturated heterocycles. The van der Waals surface area contributed by atoms with Gasteiger partial charge in [0.2, 0.25) is 5.95 Å². The first-order chi connectivity index (χ1) is 7.84. The van der Waals surface area contributed by atoms with Crippen molar-refractivity contribution in [3.8, 4) is 5.75 Å². The maximum Gasteiger partial charge on any atom is 0.231 e. The molecule has 1 aliphatic heterocycles. The summed E-state index contributed by atoms with van der Waals surface area (Å²) >= 11 is 0. The lowest BCUT2D eigenvalue weighted by Crippen LogP contribution is -2.31. The van der Waals surface area contributed by atoms with Crippen molar-refractivity contribution in [1.29, 1.82) is 0 Å². The minimum atomic E-state index is 0.241. The topological polar surface area (TPSA) is 53.7 Å². The van der Waals surface area contributed by atoms with Crippen LogP contribution in [0.2, 0.25) is 0 Å². The average Bonchev–Trinajstić information content (AvgIpc) is 2.73. The van der Waals surface area contributed by atoms with Gasteiger partial charge in [-0.3, -0.25) is 4.40 Å². The van der Waals surface area contributed by atoms with Gasteiger partial charge in [-0.1, -0.05) is 0 Å². The second kappa shape index (κ2) is 3.66. The highest BCUT2D eigenvalue weighted by atomic mass is 16.3. The number of piperidine rings is 1. The fourth-order valence-electron chi connectivity index (χ4n) is 2.18. The molecule has 3 rings (SSSR count). The van der Waals surface area contributed by atoms with Gasteiger partial charge in [-0.25, -0.2) is 0 Å². The zero-order valence-electron chi connectivity index (χ0n) is 9.00. The first-order valence-electron chi connectivity index (χ1n) is 5.63. The normalized spacial score (nSPS) is 16.9. The molecule has 5 heteroatoms. The molecule has 0 radical (unpaired) electrons. The van der Waals surface area contributed by atoms with E-state index in [1.54, 1.807) is 18.3 Å². The van der Waals surface area contributed by atoms with Crippen LogP contribution in [-0.2, 0) is 0 Å². The van der Waals surface area contributed by atoms with Crippen LogP contribution in [0.15, 0.2) is 18.3 Å². The summed E-state index contributed by atoms with van der Waals surface area (Å²) in [7, 11) is 0. The van der Waals surface area contributed by atoms with Crippen LogP contribution in [0.25, 0.3) is 5.65 Å². The zero-order valence-corrected chi connectivity index (χ0v) is 9.00. The molecule has 0 aliphatic carbocycles. The lowest BCUT2D eigenvalue weighted by molar-refractivity contribution is 0.471. The number of fused-ring (bicyclic) bond motifs is 1. The zero-order chi connectivity index (χ0) is 11.0. The van der Waals surface area contributed by atoms with E-state index in [1.807, 2.05) is 4.40 Å². The molecule has 1 N–H and O–H groups in total. The van der Waals surface area contributed by atoms with Crippen molar-refractivity contribution >= 4 is 11.6 Å². The summed E-state index contributed by atoms with van der Waals surface area (Å²) in [6.07, 6.45) is 5.36. The number of hydrogen-bond donors (Lipinski definition) is 1. The Hall–Kier alpha value is -1.78. The summed E-state index contributed by atoms with van der Waals surface area (Å²) in [6, 6.07) is 3.40. The van der Waals surface area contributed by atoms with Gasteiger partial charge in [0.25, 0.3) is 0 Å². The molecule has 0 saturated carbocycles. The molecule has 84 valence electrons. The smallest absolute Gasteiger partial charge is 0.231 e. The predicted molar refractivity (Wildman–Crippen MR) is 60.7 cm³/mol. The minimum absolute atomic E-state index is 0.241. The molecular formula is C11H14N4O. The second-order valence-corrected chi connectivity index (χ2v) is 4.16. The standard InChI is InChI=1S/C11H14N4O/c16-9-4-5-10-12-13-11(15(10)8-9)14-6-2-1-3-7-14/h4-5,8,16H,1-3,6-7H2. The summed E-state index contributed by atoms with van der Waals surface area (Å²) in [5.41, 5.74) is 0.776. The number of pyridine rings is 1. The highest BCUT2D eigenvalue weighted by molar-refractivity contribution is 5.48. The van der Waals surface area contributed by atoms with E-state index in [2.05, 4.69) is 15.1 Å². The number of anilines is 1. The van der Waals surface area contributed by atoms with Gasteiger partial charge in [-0.05, 0) is 31.4 Å². The molecule has 2 aromatic heterocycles. The van der Waals surface area contributed by atoms with Gasteiger partial charge in [-0.2, -0.15) is 0 Å². The number of rotatable bonds is 1. The van der Waals surface area contributed by atoms with E-state index in [1.165, 1.54) is 19.3 Å². The van der Waals surface area contributed by atoms with Crippen LogP contribution in [-0.4, -0.2) is 32.8 Å². The van der Waals surface area contributed by atoms with Crippen molar-refractivity contribution in [2.24, 2.45) is 0 Å². The molecule has 0 amide bonds. The first-order valence-corrected chi connectivity index (χ1v) is 5.63. The van der Waals surface area contributed by atoms with E-state index < -0.39 is 0 Å². The number of aromatic hydroxyl groups is 1. The van der Waals surface area contributed by atoms with Crippen molar-refractivity contribution in [1.82, 2.24) is 14.6 Å². The van der Waals surface area contributed by atoms with Crippen LogP contribution in [0.5, 0.6) is 5.75 Å². The Labute approximate surface area is 93.3 Å². The Bertz CT molecular complexity index is 502. The van der Waals surface area contributed by atoms with Crippen LogP contribution < -0.4 is 4.90 Å². The summed E-state index contributed by atoms with van der Waals surface area (Å²) in [5, 5.41) is 17.8. The third-order valence-corrected chi connectivity index (χ3v) is 3.01. The molecule has 5 nitrogen and oxygen atoms in total. The second-order valence-electron chi connectivity index (χ2n) is 4.16. The van der Waals surface area contributed by atoms with Crippen molar-refractivity contribution in [2.45, 2.75) is 19.3 Å². The van der Waals surface area contributed by atoms with E-state index in [0.29, 0.717) is 0 Å². The Balaban J connectivity index is 2.05. The Morgan fingerprint density at radius 1 is 1.06 bits per heavy atom. The van der Waals surface area contributed by atoms with Crippen LogP contribution in [0.4, 0.5) is 5.95 Å². The fraction of sp³-hybridized carbons (Fsp3) is 0.455. The number of nitrogens with zero attached hydrogens (tertiary/aromatic N) is 4. The van der Waals surface area contributed by atoms with E-state index in [4.69, 9.17) is 0 Å². The Morgan fingerprint density at radius 3 is 2.69 bits per heavy atom. The van der Waals surface area contributed by atoms with Crippen molar-refractivity contribution < 1.29 is 5.11 Å². The molecule has 2 aromatic rings. The molecule has 1 aliphatic rings. The quantitative estimate of drug-likeness (QED) is 0.786. The minimum Gasteiger partial charge on any atom is -0.506 e. The first kappa shape index (κ1) is 9.45. The van der Waals surface area contributed by atoms with E-state index in [0.717, 1.165) is 24.7 Å². The lowest BCUT2D eigenvalue weighted by Gasteiger charge is -2.26. The number of hydrogen-bond acceptors (Lipinski definition) is 4. The molecule has 0 bridgehead atoms. The van der Waals surface area contributed by atoms with E-state index >= 15 is 0 Å². The van der Waals surface area contributed by atoms with Crippen molar-refractivity contribution in [2.75, 3.05) is 18.0 Å². The number of aromatic nitrogens is 3. The van der Waals surface area contributed by atoms with E-state index in [-0.39, 0.29) is 5.75 Å². The van der Waals surface area contributed by atoms with Gasteiger partial charge in [0, 0.05) is 13.1 Å². The van der Waals surface area contributed by atoms with Crippen LogP contribution in [0.3, 0.4) is 0 Å². The van der Waals surface area contributed by atoms with Crippen molar-refractivity contribution in [3.05, 3.63) is 18.3 Å². The highest BCUT2D eigenvalue weighted by Crippen LogP contribution is 2.20. The molecule has 1 fully saturated rings. The molecule has 0 aromatic carbocycles.